The van der Waals surface area contributed by atoms with Crippen LogP contribution in [0.5, 0.6) is 0 Å². The second-order valence-electron chi connectivity index (χ2n) is 5.64. The van der Waals surface area contributed by atoms with Gasteiger partial charge in [-0.1, -0.05) is 24.3 Å². The van der Waals surface area contributed by atoms with Crippen LogP contribution in [0.3, 0.4) is 0 Å². The van der Waals surface area contributed by atoms with Crippen molar-refractivity contribution in [2.24, 2.45) is 0 Å². The Hall–Kier alpha value is -0.900. The van der Waals surface area contributed by atoms with Gasteiger partial charge in [-0.05, 0) is 45.0 Å². The van der Waals surface area contributed by atoms with E-state index in [4.69, 9.17) is 4.74 Å². The van der Waals surface area contributed by atoms with Gasteiger partial charge in [0.25, 0.3) is 0 Å². The van der Waals surface area contributed by atoms with Gasteiger partial charge in [0.15, 0.2) is 0 Å². The van der Waals surface area contributed by atoms with E-state index in [1.54, 1.807) is 0 Å². The number of fused-ring (bicyclic) bond motifs is 1. The summed E-state index contributed by atoms with van der Waals surface area (Å²) in [6, 6.07) is 9.24. The highest BCUT2D eigenvalue weighted by molar-refractivity contribution is 5.32. The molecule has 1 aromatic carbocycles. The molecule has 1 aliphatic heterocycles. The number of benzene rings is 1. The first-order valence-corrected chi connectivity index (χ1v) is 7.28. The van der Waals surface area contributed by atoms with Gasteiger partial charge in [0.2, 0.25) is 0 Å². The van der Waals surface area contributed by atoms with Crippen LogP contribution in [-0.4, -0.2) is 44.3 Å². The van der Waals surface area contributed by atoms with Gasteiger partial charge in [-0.15, -0.1) is 0 Å². The van der Waals surface area contributed by atoms with E-state index in [-0.39, 0.29) is 0 Å². The minimum atomic E-state index is 0.321. The molecule has 3 nitrogen and oxygen atoms in total. The van der Waals surface area contributed by atoms with E-state index in [1.165, 1.54) is 11.1 Å². The van der Waals surface area contributed by atoms with Gasteiger partial charge in [0.1, 0.15) is 0 Å². The van der Waals surface area contributed by atoms with Crippen LogP contribution < -0.4 is 5.32 Å². The molecule has 106 valence electrons. The van der Waals surface area contributed by atoms with Crippen LogP contribution in [0, 0.1) is 0 Å². The van der Waals surface area contributed by atoms with E-state index in [1.807, 2.05) is 0 Å². The molecule has 0 saturated heterocycles. The van der Waals surface area contributed by atoms with Crippen LogP contribution in [-0.2, 0) is 11.2 Å². The van der Waals surface area contributed by atoms with E-state index in [2.05, 4.69) is 55.4 Å². The third-order valence-electron chi connectivity index (χ3n) is 3.63. The first-order valence-electron chi connectivity index (χ1n) is 7.28. The van der Waals surface area contributed by atoms with Gasteiger partial charge in [-0.2, -0.15) is 0 Å². The van der Waals surface area contributed by atoms with Crippen LogP contribution in [0.15, 0.2) is 24.3 Å². The van der Waals surface area contributed by atoms with Crippen LogP contribution >= 0.6 is 0 Å². The fourth-order valence-electron chi connectivity index (χ4n) is 2.60. The molecule has 0 saturated carbocycles. The average molecular weight is 262 g/mol. The molecule has 0 fully saturated rings. The van der Waals surface area contributed by atoms with Crippen LogP contribution in [0.25, 0.3) is 0 Å². The fourth-order valence-corrected chi connectivity index (χ4v) is 2.60. The summed E-state index contributed by atoms with van der Waals surface area (Å²) in [7, 11) is 2.17. The fraction of sp³-hybridized carbons (Fsp3) is 0.625. The molecule has 1 unspecified atom stereocenters. The summed E-state index contributed by atoms with van der Waals surface area (Å²) in [5.74, 6) is 0. The molecule has 1 N–H and O–H groups in total. The summed E-state index contributed by atoms with van der Waals surface area (Å²) < 4.78 is 5.61. The number of hydrogen-bond acceptors (Lipinski definition) is 3. The van der Waals surface area contributed by atoms with Crippen molar-refractivity contribution < 1.29 is 4.74 Å². The Morgan fingerprint density at radius 1 is 1.37 bits per heavy atom. The number of nitrogens with zero attached hydrogens (tertiary/aromatic N) is 1. The van der Waals surface area contributed by atoms with Gasteiger partial charge < -0.3 is 15.0 Å². The summed E-state index contributed by atoms with van der Waals surface area (Å²) in [6.45, 7) is 8.08. The van der Waals surface area contributed by atoms with Crippen molar-refractivity contribution in [3.8, 4) is 0 Å². The second-order valence-corrected chi connectivity index (χ2v) is 5.64. The van der Waals surface area contributed by atoms with E-state index >= 15 is 0 Å². The molecule has 0 bridgehead atoms. The number of hydrogen-bond donors (Lipinski definition) is 1. The first kappa shape index (κ1) is 14.5. The van der Waals surface area contributed by atoms with Crippen LogP contribution in [0.1, 0.15) is 31.0 Å². The summed E-state index contributed by atoms with van der Waals surface area (Å²) in [5, 5.41) is 3.62. The largest absolute Gasteiger partial charge is 0.377 e. The lowest BCUT2D eigenvalue weighted by molar-refractivity contribution is 0.0621. The summed E-state index contributed by atoms with van der Waals surface area (Å²) in [6.07, 6.45) is 1.47. The number of rotatable bonds is 6. The maximum Gasteiger partial charge on any atom is 0.0596 e. The molecule has 0 spiro atoms. The van der Waals surface area contributed by atoms with E-state index in [0.717, 1.165) is 32.7 Å². The second kappa shape index (κ2) is 7.04. The predicted molar refractivity (Wildman–Crippen MR) is 79.5 cm³/mol. The lowest BCUT2D eigenvalue weighted by Gasteiger charge is -2.30. The quantitative estimate of drug-likeness (QED) is 0.851. The Morgan fingerprint density at radius 3 is 2.95 bits per heavy atom. The predicted octanol–water partition coefficient (Wildman–Crippen LogP) is 2.23. The third-order valence-corrected chi connectivity index (χ3v) is 3.63. The molecular weight excluding hydrogens is 236 g/mol. The summed E-state index contributed by atoms with van der Waals surface area (Å²) in [5.41, 5.74) is 2.96. The highest BCUT2D eigenvalue weighted by Gasteiger charge is 2.20. The Kier molecular flexibility index (Phi) is 5.37. The zero-order valence-electron chi connectivity index (χ0n) is 12.4. The molecule has 19 heavy (non-hydrogen) atoms. The highest BCUT2D eigenvalue weighted by Crippen LogP contribution is 2.22. The smallest absolute Gasteiger partial charge is 0.0596 e. The number of nitrogens with one attached hydrogen (secondary N) is 1. The molecule has 1 heterocycles. The third kappa shape index (κ3) is 4.30. The van der Waals surface area contributed by atoms with Crippen molar-refractivity contribution in [1.82, 2.24) is 10.2 Å². The highest BCUT2D eigenvalue weighted by atomic mass is 16.5. The Balaban J connectivity index is 1.86. The molecule has 0 amide bonds. The first-order chi connectivity index (χ1) is 9.16. The van der Waals surface area contributed by atoms with Crippen molar-refractivity contribution in [3.05, 3.63) is 35.4 Å². The molecule has 2 rings (SSSR count). The monoisotopic (exact) mass is 262 g/mol. The van der Waals surface area contributed by atoms with E-state index in [0.29, 0.717) is 12.1 Å². The van der Waals surface area contributed by atoms with Gasteiger partial charge in [-0.25, -0.2) is 0 Å². The van der Waals surface area contributed by atoms with Crippen molar-refractivity contribution in [2.75, 3.05) is 33.3 Å². The minimum Gasteiger partial charge on any atom is -0.377 e. The molecular formula is C16H26N2O. The molecule has 0 aliphatic carbocycles. The van der Waals surface area contributed by atoms with Gasteiger partial charge in [-0.3, -0.25) is 0 Å². The topological polar surface area (TPSA) is 24.5 Å². The Morgan fingerprint density at radius 2 is 2.16 bits per heavy atom. The van der Waals surface area contributed by atoms with Gasteiger partial charge in [0.05, 0.1) is 12.7 Å². The normalized spacial score (nSPS) is 18.9. The van der Waals surface area contributed by atoms with Crippen molar-refractivity contribution in [1.29, 1.82) is 0 Å². The molecule has 1 aromatic rings. The van der Waals surface area contributed by atoms with E-state index < -0.39 is 0 Å². The van der Waals surface area contributed by atoms with E-state index in [9.17, 15) is 0 Å². The summed E-state index contributed by atoms with van der Waals surface area (Å²) >= 11 is 0. The SMILES string of the molecule is CC(C)OCCN(C)CC1NCCc2ccccc21. The Bertz CT molecular complexity index is 392. The average Bonchev–Trinajstić information content (AvgIpc) is 2.39. The lowest BCUT2D eigenvalue weighted by Crippen LogP contribution is -2.38. The lowest BCUT2D eigenvalue weighted by atomic mass is 9.94. The molecule has 0 radical (unpaired) electrons. The van der Waals surface area contributed by atoms with Crippen molar-refractivity contribution in [2.45, 2.75) is 32.4 Å². The van der Waals surface area contributed by atoms with Crippen LogP contribution in [0.2, 0.25) is 0 Å². The number of ether oxygens (including phenoxy) is 1. The molecule has 3 heteroatoms. The maximum absolute atomic E-state index is 5.61. The molecule has 1 aliphatic rings. The zero-order chi connectivity index (χ0) is 13.7. The maximum atomic E-state index is 5.61. The molecule has 0 aromatic heterocycles. The van der Waals surface area contributed by atoms with Crippen LogP contribution in [0.4, 0.5) is 0 Å². The van der Waals surface area contributed by atoms with Crippen molar-refractivity contribution >= 4 is 0 Å². The standard InChI is InChI=1S/C16H26N2O/c1-13(2)19-11-10-18(3)12-16-15-7-5-4-6-14(15)8-9-17-16/h4-7,13,16-17H,8-12H2,1-3H3. The zero-order valence-corrected chi connectivity index (χ0v) is 12.4. The molecule has 1 atom stereocenters. The van der Waals surface area contributed by atoms with Gasteiger partial charge >= 0.3 is 0 Å². The number of likely N-dealkylation sites (N-methyl/N-ethyl adjacent to an activating group) is 1. The van der Waals surface area contributed by atoms with Crippen molar-refractivity contribution in [3.63, 3.8) is 0 Å². The van der Waals surface area contributed by atoms with Gasteiger partial charge in [0, 0.05) is 19.1 Å². The minimum absolute atomic E-state index is 0.321. The summed E-state index contributed by atoms with van der Waals surface area (Å²) in [4.78, 5) is 2.35. The Labute approximate surface area is 116 Å².